The molecule has 2 rings (SSSR count). The molecule has 0 spiro atoms. The summed E-state index contributed by atoms with van der Waals surface area (Å²) in [5, 5.41) is 10.8. The minimum atomic E-state index is -0.493. The average molecular weight is 337 g/mol. The number of nitrogens with two attached hydrogens (primary N) is 1. The molecule has 5 nitrogen and oxygen atoms in total. The minimum absolute atomic E-state index is 0.0907. The van der Waals surface area contributed by atoms with Crippen molar-refractivity contribution in [2.45, 2.75) is 13.2 Å². The number of hydrogen-bond donors (Lipinski definition) is 1. The van der Waals surface area contributed by atoms with Gasteiger partial charge in [-0.25, -0.2) is 0 Å². The van der Waals surface area contributed by atoms with E-state index in [1.165, 1.54) is 6.07 Å². The number of nitro groups is 1. The standard InChI is InChI=1S/C14H13BrN2O3/c15-12-6-2-1-4-10(12)8-20-9-11-5-3-7-13(14(11)16)17(18)19/h1-7H,8-9,16H2. The molecule has 6 heteroatoms. The molecule has 0 saturated heterocycles. The third-order valence-electron chi connectivity index (χ3n) is 2.84. The summed E-state index contributed by atoms with van der Waals surface area (Å²) in [4.78, 5) is 10.3. The van der Waals surface area contributed by atoms with Gasteiger partial charge < -0.3 is 10.5 Å². The van der Waals surface area contributed by atoms with Crippen LogP contribution in [0.3, 0.4) is 0 Å². The molecule has 0 aromatic heterocycles. The van der Waals surface area contributed by atoms with Gasteiger partial charge in [-0.05, 0) is 11.6 Å². The van der Waals surface area contributed by atoms with Gasteiger partial charge in [0.05, 0.1) is 18.1 Å². The zero-order chi connectivity index (χ0) is 14.5. The van der Waals surface area contributed by atoms with E-state index >= 15 is 0 Å². The highest BCUT2D eigenvalue weighted by molar-refractivity contribution is 9.10. The van der Waals surface area contributed by atoms with Crippen LogP contribution in [-0.4, -0.2) is 4.92 Å². The van der Waals surface area contributed by atoms with E-state index in [0.29, 0.717) is 12.2 Å². The van der Waals surface area contributed by atoms with Gasteiger partial charge >= 0.3 is 0 Å². The fraction of sp³-hybridized carbons (Fsp3) is 0.143. The second kappa shape index (κ2) is 6.49. The predicted octanol–water partition coefficient (Wildman–Crippen LogP) is 3.66. The lowest BCUT2D eigenvalue weighted by Gasteiger charge is -2.08. The van der Waals surface area contributed by atoms with Gasteiger partial charge in [0.15, 0.2) is 0 Å². The monoisotopic (exact) mass is 336 g/mol. The molecule has 0 saturated carbocycles. The lowest BCUT2D eigenvalue weighted by Crippen LogP contribution is -2.02. The van der Waals surface area contributed by atoms with Crippen LogP contribution in [0, 0.1) is 10.1 Å². The summed E-state index contributed by atoms with van der Waals surface area (Å²) in [6.45, 7) is 0.637. The lowest BCUT2D eigenvalue weighted by molar-refractivity contribution is -0.384. The van der Waals surface area contributed by atoms with Crippen LogP contribution in [0.2, 0.25) is 0 Å². The molecule has 0 radical (unpaired) electrons. The normalized spacial score (nSPS) is 10.4. The first-order valence-electron chi connectivity index (χ1n) is 5.92. The number of anilines is 1. The average Bonchev–Trinajstić information content (AvgIpc) is 2.42. The molecule has 2 aromatic rings. The van der Waals surface area contributed by atoms with Crippen molar-refractivity contribution in [3.05, 3.63) is 68.2 Å². The van der Waals surface area contributed by atoms with E-state index in [1.807, 2.05) is 24.3 Å². The molecule has 0 atom stereocenters. The molecule has 0 bridgehead atoms. The summed E-state index contributed by atoms with van der Waals surface area (Å²) < 4.78 is 6.53. The van der Waals surface area contributed by atoms with Gasteiger partial charge in [0, 0.05) is 16.1 Å². The minimum Gasteiger partial charge on any atom is -0.393 e. The highest BCUT2D eigenvalue weighted by atomic mass is 79.9. The Labute approximate surface area is 124 Å². The second-order valence-electron chi connectivity index (χ2n) is 4.19. The van der Waals surface area contributed by atoms with Gasteiger partial charge in [0.2, 0.25) is 0 Å². The highest BCUT2D eigenvalue weighted by Gasteiger charge is 2.14. The molecule has 0 amide bonds. The van der Waals surface area contributed by atoms with E-state index in [4.69, 9.17) is 10.5 Å². The summed E-state index contributed by atoms with van der Waals surface area (Å²) in [6, 6.07) is 12.4. The van der Waals surface area contributed by atoms with Crippen LogP contribution in [0.5, 0.6) is 0 Å². The number of ether oxygens (including phenoxy) is 1. The van der Waals surface area contributed by atoms with Crippen molar-refractivity contribution < 1.29 is 9.66 Å². The van der Waals surface area contributed by atoms with Crippen molar-refractivity contribution in [1.29, 1.82) is 0 Å². The maximum atomic E-state index is 10.8. The number of halogens is 1. The Bertz CT molecular complexity index is 632. The smallest absolute Gasteiger partial charge is 0.292 e. The number of benzene rings is 2. The Morgan fingerprint density at radius 3 is 2.45 bits per heavy atom. The molecule has 0 fully saturated rings. The second-order valence-corrected chi connectivity index (χ2v) is 5.05. The largest absolute Gasteiger partial charge is 0.393 e. The van der Waals surface area contributed by atoms with Crippen molar-refractivity contribution in [2.75, 3.05) is 5.73 Å². The van der Waals surface area contributed by atoms with Crippen molar-refractivity contribution in [1.82, 2.24) is 0 Å². The molecule has 0 unspecified atom stereocenters. The van der Waals surface area contributed by atoms with Gasteiger partial charge in [0.1, 0.15) is 5.69 Å². The van der Waals surface area contributed by atoms with E-state index < -0.39 is 4.92 Å². The van der Waals surface area contributed by atoms with Crippen molar-refractivity contribution in [3.8, 4) is 0 Å². The summed E-state index contributed by atoms with van der Waals surface area (Å²) in [5.41, 5.74) is 7.46. The maximum Gasteiger partial charge on any atom is 0.292 e. The Morgan fingerprint density at radius 2 is 1.75 bits per heavy atom. The Kier molecular flexibility index (Phi) is 4.70. The van der Waals surface area contributed by atoms with Gasteiger partial charge in [-0.15, -0.1) is 0 Å². The summed E-state index contributed by atoms with van der Waals surface area (Å²) in [7, 11) is 0. The number of rotatable bonds is 5. The first kappa shape index (κ1) is 14.5. The third kappa shape index (κ3) is 3.34. The summed E-state index contributed by atoms with van der Waals surface area (Å²) >= 11 is 3.43. The number of nitrogen functional groups attached to an aromatic ring is 1. The molecule has 104 valence electrons. The zero-order valence-corrected chi connectivity index (χ0v) is 12.2. The Morgan fingerprint density at radius 1 is 1.10 bits per heavy atom. The van der Waals surface area contributed by atoms with E-state index in [-0.39, 0.29) is 18.0 Å². The fourth-order valence-corrected chi connectivity index (χ4v) is 2.17. The van der Waals surface area contributed by atoms with Crippen LogP contribution in [0.25, 0.3) is 0 Å². The van der Waals surface area contributed by atoms with Crippen LogP contribution >= 0.6 is 15.9 Å². The van der Waals surface area contributed by atoms with Crippen molar-refractivity contribution in [2.24, 2.45) is 0 Å². The third-order valence-corrected chi connectivity index (χ3v) is 3.62. The number of para-hydroxylation sites is 1. The highest BCUT2D eigenvalue weighted by Crippen LogP contribution is 2.26. The predicted molar refractivity (Wildman–Crippen MR) is 80.1 cm³/mol. The van der Waals surface area contributed by atoms with E-state index in [9.17, 15) is 10.1 Å². The first-order chi connectivity index (χ1) is 9.59. The zero-order valence-electron chi connectivity index (χ0n) is 10.6. The molecule has 0 heterocycles. The first-order valence-corrected chi connectivity index (χ1v) is 6.72. The van der Waals surface area contributed by atoms with Gasteiger partial charge in [-0.3, -0.25) is 10.1 Å². The Balaban J connectivity index is 2.03. The van der Waals surface area contributed by atoms with Gasteiger partial charge in [-0.1, -0.05) is 46.3 Å². The van der Waals surface area contributed by atoms with Gasteiger partial charge in [0.25, 0.3) is 5.69 Å². The fourth-order valence-electron chi connectivity index (χ4n) is 1.77. The topological polar surface area (TPSA) is 78.4 Å². The van der Waals surface area contributed by atoms with Gasteiger partial charge in [-0.2, -0.15) is 0 Å². The summed E-state index contributed by atoms with van der Waals surface area (Å²) in [5.74, 6) is 0. The summed E-state index contributed by atoms with van der Waals surface area (Å²) in [6.07, 6.45) is 0. The molecule has 20 heavy (non-hydrogen) atoms. The van der Waals surface area contributed by atoms with Crippen LogP contribution in [-0.2, 0) is 18.0 Å². The molecule has 0 aliphatic heterocycles. The number of hydrogen-bond acceptors (Lipinski definition) is 4. The molecule has 2 aromatic carbocycles. The molecular formula is C14H13BrN2O3. The Hall–Kier alpha value is -1.92. The molecular weight excluding hydrogens is 324 g/mol. The van der Waals surface area contributed by atoms with E-state index in [2.05, 4.69) is 15.9 Å². The number of nitro benzene ring substituents is 1. The number of nitrogens with zero attached hydrogens (tertiary/aromatic N) is 1. The molecule has 2 N–H and O–H groups in total. The van der Waals surface area contributed by atoms with Crippen LogP contribution in [0.15, 0.2) is 46.9 Å². The quantitative estimate of drug-likeness (QED) is 0.513. The van der Waals surface area contributed by atoms with Crippen LogP contribution in [0.4, 0.5) is 11.4 Å². The van der Waals surface area contributed by atoms with E-state index in [0.717, 1.165) is 10.0 Å². The van der Waals surface area contributed by atoms with Crippen molar-refractivity contribution >= 4 is 27.3 Å². The maximum absolute atomic E-state index is 10.8. The molecule has 0 aliphatic rings. The van der Waals surface area contributed by atoms with E-state index in [1.54, 1.807) is 12.1 Å². The van der Waals surface area contributed by atoms with Crippen LogP contribution in [0.1, 0.15) is 11.1 Å². The van der Waals surface area contributed by atoms with Crippen molar-refractivity contribution in [3.63, 3.8) is 0 Å². The van der Waals surface area contributed by atoms with Crippen LogP contribution < -0.4 is 5.73 Å². The lowest BCUT2D eigenvalue weighted by atomic mass is 10.1. The SMILES string of the molecule is Nc1c(COCc2ccccc2Br)cccc1[N+](=O)[O-]. The molecule has 0 aliphatic carbocycles.